The molecular formula is C10H14N2O. The highest BCUT2D eigenvalue weighted by molar-refractivity contribution is 5.78. The highest BCUT2D eigenvalue weighted by Gasteiger charge is 2.08. The van der Waals surface area contributed by atoms with Crippen LogP contribution in [0.15, 0.2) is 12.2 Å². The smallest absolute Gasteiger partial charge is 0.153 e. The van der Waals surface area contributed by atoms with Crippen LogP contribution in [0.3, 0.4) is 0 Å². The molecule has 0 spiro atoms. The number of aldehydes is 1. The van der Waals surface area contributed by atoms with Crippen LogP contribution in [0, 0.1) is 13.8 Å². The number of aryl methyl sites for hydroxylation is 1. The summed E-state index contributed by atoms with van der Waals surface area (Å²) in [4.78, 5) is 10.7. The number of nitrogens with zero attached hydrogens (tertiary/aromatic N) is 2. The lowest BCUT2D eigenvalue weighted by Crippen LogP contribution is -2.00. The lowest BCUT2D eigenvalue weighted by Gasteiger charge is -1.98. The molecule has 0 fully saturated rings. The summed E-state index contributed by atoms with van der Waals surface area (Å²) in [5, 5.41) is 4.25. The maximum absolute atomic E-state index is 10.7. The molecule has 0 saturated carbocycles. The molecule has 0 N–H and O–H groups in total. The molecule has 3 heteroatoms. The lowest BCUT2D eigenvalue weighted by molar-refractivity contribution is 0.112. The molecule has 0 saturated heterocycles. The molecule has 1 aromatic heterocycles. The van der Waals surface area contributed by atoms with Gasteiger partial charge in [-0.05, 0) is 20.8 Å². The van der Waals surface area contributed by atoms with Gasteiger partial charge in [-0.3, -0.25) is 9.48 Å². The summed E-state index contributed by atoms with van der Waals surface area (Å²) in [6, 6.07) is 0. The first-order valence-electron chi connectivity index (χ1n) is 4.31. The summed E-state index contributed by atoms with van der Waals surface area (Å²) in [5.74, 6) is 0. The number of rotatable bonds is 3. The van der Waals surface area contributed by atoms with E-state index in [-0.39, 0.29) is 0 Å². The van der Waals surface area contributed by atoms with Crippen molar-refractivity contribution in [3.05, 3.63) is 29.1 Å². The molecule has 0 amide bonds. The van der Waals surface area contributed by atoms with E-state index in [1.54, 1.807) is 0 Å². The van der Waals surface area contributed by atoms with Gasteiger partial charge in [0, 0.05) is 5.69 Å². The Morgan fingerprint density at radius 2 is 2.15 bits per heavy atom. The van der Waals surface area contributed by atoms with Gasteiger partial charge in [0.25, 0.3) is 0 Å². The zero-order valence-corrected chi connectivity index (χ0v) is 8.24. The standard InChI is InChI=1S/C10H14N2O/c1-4-5-6-12-9(3)10(7-13)8(2)11-12/h4-5,7H,6H2,1-3H3/b5-4+. The van der Waals surface area contributed by atoms with Crippen LogP contribution in [0.2, 0.25) is 0 Å². The summed E-state index contributed by atoms with van der Waals surface area (Å²) < 4.78 is 1.83. The first-order chi connectivity index (χ1) is 6.20. The van der Waals surface area contributed by atoms with Crippen molar-refractivity contribution in [3.63, 3.8) is 0 Å². The molecule has 0 bridgehead atoms. The Kier molecular flexibility index (Phi) is 3.01. The van der Waals surface area contributed by atoms with Gasteiger partial charge in [-0.2, -0.15) is 5.10 Å². The molecule has 1 aromatic rings. The predicted molar refractivity (Wildman–Crippen MR) is 51.9 cm³/mol. The van der Waals surface area contributed by atoms with E-state index >= 15 is 0 Å². The van der Waals surface area contributed by atoms with Crippen LogP contribution in [0.5, 0.6) is 0 Å². The molecule has 1 heterocycles. The second kappa shape index (κ2) is 4.03. The van der Waals surface area contributed by atoms with E-state index in [1.165, 1.54) is 0 Å². The summed E-state index contributed by atoms with van der Waals surface area (Å²) in [6.07, 6.45) is 4.84. The minimum atomic E-state index is 0.713. The average Bonchev–Trinajstić information content (AvgIpc) is 2.38. The third kappa shape index (κ3) is 1.86. The normalized spacial score (nSPS) is 11.0. The van der Waals surface area contributed by atoms with Crippen molar-refractivity contribution >= 4 is 6.29 Å². The Balaban J connectivity index is 3.03. The van der Waals surface area contributed by atoms with Gasteiger partial charge in [0.15, 0.2) is 6.29 Å². The number of hydrogen-bond donors (Lipinski definition) is 0. The van der Waals surface area contributed by atoms with Crippen LogP contribution in [0.25, 0.3) is 0 Å². The fraction of sp³-hybridized carbons (Fsp3) is 0.400. The van der Waals surface area contributed by atoms with Gasteiger partial charge in [0.2, 0.25) is 0 Å². The summed E-state index contributed by atoms with van der Waals surface area (Å²) in [7, 11) is 0. The number of allylic oxidation sites excluding steroid dienone is 2. The van der Waals surface area contributed by atoms with Gasteiger partial charge in [-0.25, -0.2) is 0 Å². The Bertz CT molecular complexity index is 337. The lowest BCUT2D eigenvalue weighted by atomic mass is 10.2. The quantitative estimate of drug-likeness (QED) is 0.523. The zero-order chi connectivity index (χ0) is 9.84. The van der Waals surface area contributed by atoms with E-state index in [0.29, 0.717) is 5.56 Å². The van der Waals surface area contributed by atoms with E-state index < -0.39 is 0 Å². The van der Waals surface area contributed by atoms with Crippen LogP contribution in [-0.4, -0.2) is 16.1 Å². The molecule has 3 nitrogen and oxygen atoms in total. The maximum atomic E-state index is 10.7. The third-order valence-electron chi connectivity index (χ3n) is 2.07. The van der Waals surface area contributed by atoms with E-state index in [9.17, 15) is 4.79 Å². The molecule has 0 aromatic carbocycles. The van der Waals surface area contributed by atoms with Crippen molar-refractivity contribution < 1.29 is 4.79 Å². The molecule has 1 rings (SSSR count). The van der Waals surface area contributed by atoms with Crippen molar-refractivity contribution in [1.29, 1.82) is 0 Å². The average molecular weight is 178 g/mol. The summed E-state index contributed by atoms with van der Waals surface area (Å²) in [6.45, 7) is 6.46. The molecule has 0 radical (unpaired) electrons. The highest BCUT2D eigenvalue weighted by atomic mass is 16.1. The summed E-state index contributed by atoms with van der Waals surface area (Å²) >= 11 is 0. The highest BCUT2D eigenvalue weighted by Crippen LogP contribution is 2.09. The molecule has 0 unspecified atom stereocenters. The number of carbonyl (C=O) groups is 1. The first kappa shape index (κ1) is 9.71. The Hall–Kier alpha value is -1.38. The van der Waals surface area contributed by atoms with Gasteiger partial charge >= 0.3 is 0 Å². The Morgan fingerprint density at radius 1 is 1.46 bits per heavy atom. The van der Waals surface area contributed by atoms with Crippen molar-refractivity contribution in [2.75, 3.05) is 0 Å². The van der Waals surface area contributed by atoms with Crippen molar-refractivity contribution in [2.45, 2.75) is 27.3 Å². The number of aromatic nitrogens is 2. The van der Waals surface area contributed by atoms with E-state index in [2.05, 4.69) is 5.10 Å². The van der Waals surface area contributed by atoms with Crippen LogP contribution in [0.1, 0.15) is 28.7 Å². The van der Waals surface area contributed by atoms with Gasteiger partial charge in [-0.1, -0.05) is 12.2 Å². The molecule has 70 valence electrons. The van der Waals surface area contributed by atoms with Crippen molar-refractivity contribution in [2.24, 2.45) is 0 Å². The number of hydrogen-bond acceptors (Lipinski definition) is 2. The SMILES string of the molecule is C/C=C/Cn1nc(C)c(C=O)c1C. The molecule has 0 atom stereocenters. The molecule has 13 heavy (non-hydrogen) atoms. The number of carbonyl (C=O) groups excluding carboxylic acids is 1. The molecule has 0 aliphatic rings. The summed E-state index contributed by atoms with van der Waals surface area (Å²) in [5.41, 5.74) is 2.45. The minimum Gasteiger partial charge on any atom is -0.298 e. The van der Waals surface area contributed by atoms with Crippen molar-refractivity contribution in [1.82, 2.24) is 9.78 Å². The van der Waals surface area contributed by atoms with Crippen LogP contribution >= 0.6 is 0 Å². The van der Waals surface area contributed by atoms with Crippen LogP contribution in [0.4, 0.5) is 0 Å². The minimum absolute atomic E-state index is 0.713. The monoisotopic (exact) mass is 178 g/mol. The maximum Gasteiger partial charge on any atom is 0.153 e. The first-order valence-corrected chi connectivity index (χ1v) is 4.31. The van der Waals surface area contributed by atoms with Gasteiger partial charge in [0.05, 0.1) is 17.8 Å². The van der Waals surface area contributed by atoms with E-state index in [1.807, 2.05) is 37.6 Å². The predicted octanol–water partition coefficient (Wildman–Crippen LogP) is 1.89. The van der Waals surface area contributed by atoms with Gasteiger partial charge in [-0.15, -0.1) is 0 Å². The fourth-order valence-electron chi connectivity index (χ4n) is 1.26. The van der Waals surface area contributed by atoms with Crippen LogP contribution in [-0.2, 0) is 6.54 Å². The van der Waals surface area contributed by atoms with Gasteiger partial charge in [0.1, 0.15) is 0 Å². The van der Waals surface area contributed by atoms with Crippen LogP contribution < -0.4 is 0 Å². The Labute approximate surface area is 78.1 Å². The molecular weight excluding hydrogens is 164 g/mol. The zero-order valence-electron chi connectivity index (χ0n) is 8.24. The second-order valence-corrected chi connectivity index (χ2v) is 2.95. The Morgan fingerprint density at radius 3 is 2.62 bits per heavy atom. The van der Waals surface area contributed by atoms with Gasteiger partial charge < -0.3 is 0 Å². The van der Waals surface area contributed by atoms with E-state index in [0.717, 1.165) is 24.2 Å². The van der Waals surface area contributed by atoms with Crippen molar-refractivity contribution in [3.8, 4) is 0 Å². The molecule has 0 aliphatic heterocycles. The molecule has 0 aliphatic carbocycles. The van der Waals surface area contributed by atoms with E-state index in [4.69, 9.17) is 0 Å². The largest absolute Gasteiger partial charge is 0.298 e. The third-order valence-corrected chi connectivity index (χ3v) is 2.07. The fourth-order valence-corrected chi connectivity index (χ4v) is 1.26. The topological polar surface area (TPSA) is 34.9 Å². The second-order valence-electron chi connectivity index (χ2n) is 2.95.